The van der Waals surface area contributed by atoms with Crippen molar-refractivity contribution in [2.45, 2.75) is 13.0 Å². The van der Waals surface area contributed by atoms with Crippen LogP contribution in [0.15, 0.2) is 74.3 Å². The van der Waals surface area contributed by atoms with E-state index in [-0.39, 0.29) is 11.3 Å². The Kier molecular flexibility index (Phi) is 3.88. The summed E-state index contributed by atoms with van der Waals surface area (Å²) in [4.78, 5) is 31.8. The van der Waals surface area contributed by atoms with Crippen LogP contribution in [-0.2, 0) is 4.79 Å². The Morgan fingerprint density at radius 1 is 1.24 bits per heavy atom. The maximum atomic E-state index is 13.3. The number of Topliss-reactive ketones (excluding diaryl/α,β-unsaturated/α-hetero) is 1. The van der Waals surface area contributed by atoms with Crippen LogP contribution in [0.5, 0.6) is 0 Å². The zero-order valence-corrected chi connectivity index (χ0v) is 16.0. The second-order valence-corrected chi connectivity index (χ2v) is 7.44. The van der Waals surface area contributed by atoms with Crippen LogP contribution in [0.3, 0.4) is 0 Å². The number of para-hydroxylation sites is 1. The van der Waals surface area contributed by atoms with Gasteiger partial charge in [-0.25, -0.2) is 4.98 Å². The van der Waals surface area contributed by atoms with Crippen molar-refractivity contribution in [1.82, 2.24) is 4.98 Å². The van der Waals surface area contributed by atoms with Crippen LogP contribution in [0.1, 0.15) is 28.1 Å². The number of aliphatic hydroxyl groups excluding tert-OH is 1. The maximum absolute atomic E-state index is 13.3. The lowest BCUT2D eigenvalue weighted by atomic mass is 10.00. The first-order valence-corrected chi connectivity index (χ1v) is 9.68. The van der Waals surface area contributed by atoms with Crippen molar-refractivity contribution in [1.29, 1.82) is 0 Å². The van der Waals surface area contributed by atoms with Crippen molar-refractivity contribution in [3.63, 3.8) is 0 Å². The molecule has 0 fully saturated rings. The van der Waals surface area contributed by atoms with E-state index in [4.69, 9.17) is 8.83 Å². The van der Waals surface area contributed by atoms with Gasteiger partial charge >= 0.3 is 0 Å². The number of aryl methyl sites for hydroxylation is 1. The highest BCUT2D eigenvalue weighted by molar-refractivity contribution is 7.14. The van der Waals surface area contributed by atoms with E-state index < -0.39 is 23.5 Å². The van der Waals surface area contributed by atoms with Crippen molar-refractivity contribution in [2.75, 3.05) is 4.90 Å². The fourth-order valence-corrected chi connectivity index (χ4v) is 4.26. The molecule has 0 radical (unpaired) electrons. The fraction of sp³-hybridized carbons (Fsp3) is 0.0952. The molecule has 4 heterocycles. The van der Waals surface area contributed by atoms with Gasteiger partial charge in [-0.05, 0) is 31.2 Å². The number of fused-ring (bicyclic) bond motifs is 1. The van der Waals surface area contributed by atoms with Gasteiger partial charge in [-0.3, -0.25) is 14.5 Å². The minimum atomic E-state index is -0.941. The number of thiazole rings is 1. The number of amides is 1. The molecule has 1 aliphatic rings. The van der Waals surface area contributed by atoms with Crippen molar-refractivity contribution in [3.05, 3.63) is 82.7 Å². The SMILES string of the molecule is Cc1csc(N2C(=O)C(O)=C(C(=O)c3cc4ccccc4o3)C2c2ccco2)n1. The largest absolute Gasteiger partial charge is 0.503 e. The minimum Gasteiger partial charge on any atom is -0.503 e. The lowest BCUT2D eigenvalue weighted by Gasteiger charge is -2.21. The fourth-order valence-electron chi connectivity index (χ4n) is 3.43. The molecule has 0 aliphatic carbocycles. The molecular formula is C21H14N2O5S. The number of benzene rings is 1. The Morgan fingerprint density at radius 2 is 2.07 bits per heavy atom. The predicted molar refractivity (Wildman–Crippen MR) is 106 cm³/mol. The van der Waals surface area contributed by atoms with E-state index >= 15 is 0 Å². The summed E-state index contributed by atoms with van der Waals surface area (Å²) in [5.74, 6) is -1.54. The van der Waals surface area contributed by atoms with E-state index in [1.54, 1.807) is 42.6 Å². The molecule has 144 valence electrons. The van der Waals surface area contributed by atoms with Gasteiger partial charge in [0, 0.05) is 10.8 Å². The third-order valence-corrected chi connectivity index (χ3v) is 5.69. The van der Waals surface area contributed by atoms with Gasteiger partial charge in [0.1, 0.15) is 17.4 Å². The van der Waals surface area contributed by atoms with Gasteiger partial charge in [0.05, 0.1) is 17.5 Å². The number of rotatable bonds is 4. The highest BCUT2D eigenvalue weighted by Crippen LogP contribution is 2.43. The van der Waals surface area contributed by atoms with Crippen LogP contribution in [0.25, 0.3) is 11.0 Å². The van der Waals surface area contributed by atoms with Gasteiger partial charge in [-0.15, -0.1) is 11.3 Å². The molecule has 1 N–H and O–H groups in total. The Hall–Kier alpha value is -3.65. The van der Waals surface area contributed by atoms with Crippen molar-refractivity contribution < 1.29 is 23.5 Å². The maximum Gasteiger partial charge on any atom is 0.296 e. The van der Waals surface area contributed by atoms with Crippen LogP contribution in [0.4, 0.5) is 5.13 Å². The Morgan fingerprint density at radius 3 is 2.76 bits per heavy atom. The van der Waals surface area contributed by atoms with Gasteiger partial charge in [0.2, 0.25) is 5.78 Å². The molecule has 1 aliphatic heterocycles. The van der Waals surface area contributed by atoms with Crippen LogP contribution in [0, 0.1) is 6.92 Å². The molecule has 29 heavy (non-hydrogen) atoms. The second kappa shape index (κ2) is 6.46. The molecular weight excluding hydrogens is 392 g/mol. The molecule has 1 aromatic carbocycles. The lowest BCUT2D eigenvalue weighted by Crippen LogP contribution is -2.30. The zero-order chi connectivity index (χ0) is 20.1. The molecule has 1 unspecified atom stereocenters. The number of aromatic nitrogens is 1. The molecule has 8 heteroatoms. The quantitative estimate of drug-likeness (QED) is 0.499. The highest BCUT2D eigenvalue weighted by atomic mass is 32.1. The Labute approximate surface area is 168 Å². The van der Waals surface area contributed by atoms with Gasteiger partial charge < -0.3 is 13.9 Å². The molecule has 1 amide bonds. The van der Waals surface area contributed by atoms with Crippen molar-refractivity contribution in [3.8, 4) is 0 Å². The van der Waals surface area contributed by atoms with E-state index in [9.17, 15) is 14.7 Å². The third kappa shape index (κ3) is 2.68. The number of anilines is 1. The second-order valence-electron chi connectivity index (χ2n) is 6.60. The standard InChI is InChI=1S/C21H14N2O5S/c1-11-10-29-21(22-11)23-17(14-7-4-8-27-14)16(19(25)20(23)26)18(24)15-9-12-5-2-3-6-13(12)28-15/h2-10,17,25H,1H3. The summed E-state index contributed by atoms with van der Waals surface area (Å²) in [7, 11) is 0. The third-order valence-electron chi connectivity index (χ3n) is 4.73. The van der Waals surface area contributed by atoms with Gasteiger partial charge in [0.15, 0.2) is 16.7 Å². The molecule has 7 nitrogen and oxygen atoms in total. The smallest absolute Gasteiger partial charge is 0.296 e. The summed E-state index contributed by atoms with van der Waals surface area (Å²) < 4.78 is 11.2. The van der Waals surface area contributed by atoms with Crippen LogP contribution >= 0.6 is 11.3 Å². The molecule has 0 spiro atoms. The van der Waals surface area contributed by atoms with Gasteiger partial charge in [-0.1, -0.05) is 18.2 Å². The summed E-state index contributed by atoms with van der Waals surface area (Å²) in [5, 5.41) is 13.5. The molecule has 4 aromatic rings. The van der Waals surface area contributed by atoms with Crippen molar-refractivity contribution in [2.24, 2.45) is 0 Å². The first-order chi connectivity index (χ1) is 14.0. The highest BCUT2D eigenvalue weighted by Gasteiger charge is 2.47. The van der Waals surface area contributed by atoms with Gasteiger partial charge in [-0.2, -0.15) is 0 Å². The van der Waals surface area contributed by atoms with E-state index in [1.807, 2.05) is 12.1 Å². The summed E-state index contributed by atoms with van der Waals surface area (Å²) in [6.07, 6.45) is 1.45. The van der Waals surface area contributed by atoms with E-state index in [2.05, 4.69) is 4.98 Å². The first-order valence-electron chi connectivity index (χ1n) is 8.80. The van der Waals surface area contributed by atoms with E-state index in [0.29, 0.717) is 16.5 Å². The Bertz CT molecular complexity index is 1250. The number of carbonyl (C=O) groups is 2. The number of aliphatic hydroxyl groups is 1. The first kappa shape index (κ1) is 17.4. The topological polar surface area (TPSA) is 96.8 Å². The normalized spacial score (nSPS) is 16.9. The Balaban J connectivity index is 1.65. The summed E-state index contributed by atoms with van der Waals surface area (Å²) >= 11 is 1.25. The van der Waals surface area contributed by atoms with Crippen LogP contribution in [-0.4, -0.2) is 21.8 Å². The number of furan rings is 2. The summed E-state index contributed by atoms with van der Waals surface area (Å²) in [5.41, 5.74) is 1.17. The average molecular weight is 406 g/mol. The van der Waals surface area contributed by atoms with E-state index in [0.717, 1.165) is 11.1 Å². The monoisotopic (exact) mass is 406 g/mol. The number of carbonyl (C=O) groups excluding carboxylic acids is 2. The molecule has 0 saturated carbocycles. The number of hydrogen-bond donors (Lipinski definition) is 1. The zero-order valence-electron chi connectivity index (χ0n) is 15.2. The number of hydrogen-bond acceptors (Lipinski definition) is 7. The van der Waals surface area contributed by atoms with Crippen molar-refractivity contribution >= 4 is 39.1 Å². The minimum absolute atomic E-state index is 0.0364. The van der Waals surface area contributed by atoms with Crippen LogP contribution < -0.4 is 4.90 Å². The number of nitrogens with zero attached hydrogens (tertiary/aromatic N) is 2. The molecule has 0 saturated heterocycles. The summed E-state index contributed by atoms with van der Waals surface area (Å²) in [6.45, 7) is 1.80. The summed E-state index contributed by atoms with van der Waals surface area (Å²) in [6, 6.07) is 11.2. The van der Waals surface area contributed by atoms with Gasteiger partial charge in [0.25, 0.3) is 5.91 Å². The molecule has 0 bridgehead atoms. The predicted octanol–water partition coefficient (Wildman–Crippen LogP) is 4.57. The molecule has 5 rings (SSSR count). The van der Waals surface area contributed by atoms with E-state index in [1.165, 1.54) is 22.5 Å². The average Bonchev–Trinajstić information content (AvgIpc) is 3.49. The lowest BCUT2D eigenvalue weighted by molar-refractivity contribution is -0.117. The molecule has 1 atom stereocenters. The molecule has 3 aromatic heterocycles. The number of ketones is 1. The van der Waals surface area contributed by atoms with Crippen LogP contribution in [0.2, 0.25) is 0 Å².